The van der Waals surface area contributed by atoms with Crippen LogP contribution in [0.5, 0.6) is 0 Å². The third-order valence-electron chi connectivity index (χ3n) is 6.01. The summed E-state index contributed by atoms with van der Waals surface area (Å²) in [6.07, 6.45) is 6.00. The van der Waals surface area contributed by atoms with Gasteiger partial charge in [0.05, 0.1) is 12.5 Å². The van der Waals surface area contributed by atoms with Crippen LogP contribution in [0.2, 0.25) is 0 Å². The van der Waals surface area contributed by atoms with E-state index in [-0.39, 0.29) is 24.3 Å². The number of pyridine rings is 1. The lowest BCUT2D eigenvalue weighted by Gasteiger charge is -2.33. The molecular weight excluding hydrogens is 376 g/mol. The van der Waals surface area contributed by atoms with Crippen LogP contribution < -0.4 is 5.32 Å². The second kappa shape index (κ2) is 8.69. The first-order valence-electron chi connectivity index (χ1n) is 10.5. The lowest BCUT2D eigenvalue weighted by molar-refractivity contribution is -0.133. The van der Waals surface area contributed by atoms with Crippen LogP contribution >= 0.6 is 0 Å². The number of nitrogens with zero attached hydrogens (tertiary/aromatic N) is 2. The van der Waals surface area contributed by atoms with E-state index in [9.17, 15) is 9.59 Å². The largest absolute Gasteiger partial charge is 0.349 e. The third-order valence-corrected chi connectivity index (χ3v) is 6.01. The smallest absolute Gasteiger partial charge is 0.224 e. The third kappa shape index (κ3) is 4.37. The van der Waals surface area contributed by atoms with Gasteiger partial charge in [0.15, 0.2) is 0 Å². The minimum Gasteiger partial charge on any atom is -0.349 e. The highest BCUT2D eigenvalue weighted by molar-refractivity contribution is 5.81. The van der Waals surface area contributed by atoms with Crippen LogP contribution in [0.1, 0.15) is 54.8 Å². The molecule has 6 nitrogen and oxygen atoms in total. The Labute approximate surface area is 176 Å². The van der Waals surface area contributed by atoms with Crippen molar-refractivity contribution in [1.82, 2.24) is 20.2 Å². The molecule has 0 radical (unpaired) electrons. The molecular formula is C24H28N4O2. The van der Waals surface area contributed by atoms with Gasteiger partial charge in [-0.1, -0.05) is 29.8 Å². The Balaban J connectivity index is 1.40. The number of amides is 2. The van der Waals surface area contributed by atoms with Gasteiger partial charge in [-0.15, -0.1) is 0 Å². The number of likely N-dealkylation sites (tertiary alicyclic amines) is 1. The van der Waals surface area contributed by atoms with Crippen LogP contribution in [0, 0.1) is 6.92 Å². The van der Waals surface area contributed by atoms with Crippen molar-refractivity contribution in [2.75, 3.05) is 13.1 Å². The molecule has 1 fully saturated rings. The van der Waals surface area contributed by atoms with Crippen molar-refractivity contribution in [3.63, 3.8) is 0 Å². The molecule has 2 N–H and O–H groups in total. The summed E-state index contributed by atoms with van der Waals surface area (Å²) in [6.45, 7) is 4.98. The maximum absolute atomic E-state index is 13.0. The van der Waals surface area contributed by atoms with Gasteiger partial charge in [0.25, 0.3) is 0 Å². The Kier molecular flexibility index (Phi) is 5.84. The number of rotatable bonds is 5. The predicted molar refractivity (Wildman–Crippen MR) is 117 cm³/mol. The minimum atomic E-state index is -0.298. The molecule has 4 rings (SSSR count). The lowest BCUT2D eigenvalue weighted by Crippen LogP contribution is -2.40. The molecule has 0 bridgehead atoms. The number of carbonyl (C=O) groups excluding carboxylic acids is 2. The highest BCUT2D eigenvalue weighted by atomic mass is 16.2. The topological polar surface area (TPSA) is 78.1 Å². The number of benzene rings is 1. The molecule has 1 unspecified atom stereocenters. The normalized spacial score (nSPS) is 15.9. The van der Waals surface area contributed by atoms with Crippen molar-refractivity contribution < 1.29 is 9.59 Å². The van der Waals surface area contributed by atoms with Crippen molar-refractivity contribution in [3.8, 4) is 0 Å². The van der Waals surface area contributed by atoms with E-state index in [1.165, 1.54) is 17.9 Å². The van der Waals surface area contributed by atoms with Gasteiger partial charge >= 0.3 is 0 Å². The Bertz CT molecular complexity index is 1030. The molecule has 0 saturated carbocycles. The number of piperidine rings is 1. The first kappa shape index (κ1) is 20.1. The highest BCUT2D eigenvalue weighted by Crippen LogP contribution is 2.33. The van der Waals surface area contributed by atoms with E-state index < -0.39 is 0 Å². The summed E-state index contributed by atoms with van der Waals surface area (Å²) in [5, 5.41) is 4.11. The van der Waals surface area contributed by atoms with Gasteiger partial charge in [0.1, 0.15) is 5.65 Å². The molecule has 1 atom stereocenters. The zero-order chi connectivity index (χ0) is 21.1. The second-order valence-electron chi connectivity index (χ2n) is 8.17. The molecule has 1 saturated heterocycles. The number of aromatic nitrogens is 2. The molecule has 1 aliphatic heterocycles. The van der Waals surface area contributed by atoms with E-state index in [4.69, 9.17) is 0 Å². The standard InChI is InChI=1S/C24H28N4O2/c1-16-5-7-19(8-6-16)22(27-17(2)29)14-23(30)28-12-9-18(10-13-28)21-15-26-24-20(21)4-3-11-25-24/h3-8,11,15,18,22H,9-10,12-14H2,1-2H3,(H,25,26)(H,27,29). The highest BCUT2D eigenvalue weighted by Gasteiger charge is 2.27. The Morgan fingerprint density at radius 3 is 2.63 bits per heavy atom. The van der Waals surface area contributed by atoms with Crippen molar-refractivity contribution in [1.29, 1.82) is 0 Å². The van der Waals surface area contributed by atoms with E-state index in [1.807, 2.05) is 42.2 Å². The van der Waals surface area contributed by atoms with Crippen molar-refractivity contribution in [3.05, 3.63) is 65.5 Å². The van der Waals surface area contributed by atoms with Gasteiger partial charge in [-0.05, 0) is 48.9 Å². The van der Waals surface area contributed by atoms with Gasteiger partial charge in [0, 0.05) is 37.8 Å². The van der Waals surface area contributed by atoms with Gasteiger partial charge in [0.2, 0.25) is 11.8 Å². The van der Waals surface area contributed by atoms with E-state index in [2.05, 4.69) is 27.5 Å². The maximum Gasteiger partial charge on any atom is 0.224 e. The number of H-pyrrole nitrogens is 1. The summed E-state index contributed by atoms with van der Waals surface area (Å²) in [6, 6.07) is 11.8. The SMILES string of the molecule is CC(=O)NC(CC(=O)N1CCC(c2c[nH]c3ncccc23)CC1)c1ccc(C)cc1. The number of aryl methyl sites for hydroxylation is 1. The Hall–Kier alpha value is -3.15. The van der Waals surface area contributed by atoms with E-state index >= 15 is 0 Å². The number of carbonyl (C=O) groups is 2. The van der Waals surface area contributed by atoms with Gasteiger partial charge in [-0.2, -0.15) is 0 Å². The van der Waals surface area contributed by atoms with Crippen LogP contribution in [0.25, 0.3) is 11.0 Å². The van der Waals surface area contributed by atoms with Crippen LogP contribution in [-0.4, -0.2) is 39.8 Å². The fourth-order valence-electron chi connectivity index (χ4n) is 4.35. The summed E-state index contributed by atoms with van der Waals surface area (Å²) in [4.78, 5) is 34.3. The second-order valence-corrected chi connectivity index (χ2v) is 8.17. The van der Waals surface area contributed by atoms with E-state index in [0.29, 0.717) is 5.92 Å². The molecule has 3 heterocycles. The van der Waals surface area contributed by atoms with Crippen molar-refractivity contribution in [2.24, 2.45) is 0 Å². The Morgan fingerprint density at radius 2 is 1.93 bits per heavy atom. The fourth-order valence-corrected chi connectivity index (χ4v) is 4.35. The Morgan fingerprint density at radius 1 is 1.20 bits per heavy atom. The summed E-state index contributed by atoms with van der Waals surface area (Å²) < 4.78 is 0. The average molecular weight is 405 g/mol. The van der Waals surface area contributed by atoms with Crippen LogP contribution in [0.4, 0.5) is 0 Å². The van der Waals surface area contributed by atoms with E-state index in [1.54, 1.807) is 6.20 Å². The molecule has 0 aliphatic carbocycles. The van der Waals surface area contributed by atoms with Gasteiger partial charge in [-0.3, -0.25) is 9.59 Å². The van der Waals surface area contributed by atoms with Crippen LogP contribution in [0.15, 0.2) is 48.8 Å². The fraction of sp³-hybridized carbons (Fsp3) is 0.375. The van der Waals surface area contributed by atoms with Crippen molar-refractivity contribution >= 4 is 22.8 Å². The molecule has 2 aromatic heterocycles. The number of hydrogen-bond donors (Lipinski definition) is 2. The molecule has 1 aromatic carbocycles. The van der Waals surface area contributed by atoms with Gasteiger partial charge < -0.3 is 15.2 Å². The molecule has 6 heteroatoms. The van der Waals surface area contributed by atoms with Gasteiger partial charge in [-0.25, -0.2) is 4.98 Å². The molecule has 30 heavy (non-hydrogen) atoms. The zero-order valence-electron chi connectivity index (χ0n) is 17.5. The molecule has 0 spiro atoms. The molecule has 3 aromatic rings. The number of aromatic amines is 1. The number of fused-ring (bicyclic) bond motifs is 1. The average Bonchev–Trinajstić information content (AvgIpc) is 3.18. The number of nitrogens with one attached hydrogen (secondary N) is 2. The zero-order valence-corrected chi connectivity index (χ0v) is 17.5. The minimum absolute atomic E-state index is 0.0911. The van der Waals surface area contributed by atoms with Crippen molar-refractivity contribution in [2.45, 2.75) is 45.1 Å². The molecule has 156 valence electrons. The molecule has 2 amide bonds. The van der Waals surface area contributed by atoms with Crippen LogP contribution in [-0.2, 0) is 9.59 Å². The lowest BCUT2D eigenvalue weighted by atomic mass is 9.89. The predicted octanol–water partition coefficient (Wildman–Crippen LogP) is 3.84. The summed E-state index contributed by atoms with van der Waals surface area (Å²) in [7, 11) is 0. The summed E-state index contributed by atoms with van der Waals surface area (Å²) >= 11 is 0. The monoisotopic (exact) mass is 404 g/mol. The first-order valence-corrected chi connectivity index (χ1v) is 10.5. The van der Waals surface area contributed by atoms with Crippen LogP contribution in [0.3, 0.4) is 0 Å². The maximum atomic E-state index is 13.0. The quantitative estimate of drug-likeness (QED) is 0.678. The number of hydrogen-bond acceptors (Lipinski definition) is 3. The first-order chi connectivity index (χ1) is 14.5. The summed E-state index contributed by atoms with van der Waals surface area (Å²) in [5.41, 5.74) is 4.33. The van der Waals surface area contributed by atoms with E-state index in [0.717, 1.165) is 42.7 Å². The molecule has 1 aliphatic rings. The summed E-state index contributed by atoms with van der Waals surface area (Å²) in [5.74, 6) is 0.392.